The van der Waals surface area contributed by atoms with Crippen LogP contribution in [0.15, 0.2) is 5.16 Å². The Hall–Kier alpha value is -1.31. The van der Waals surface area contributed by atoms with Crippen LogP contribution in [0.25, 0.3) is 0 Å². The van der Waals surface area contributed by atoms with Gasteiger partial charge in [-0.25, -0.2) is 9.18 Å². The van der Waals surface area contributed by atoms with Crippen LogP contribution in [-0.4, -0.2) is 31.3 Å². The van der Waals surface area contributed by atoms with Crippen LogP contribution < -0.4 is 5.73 Å². The molecule has 8 heteroatoms. The maximum Gasteiger partial charge on any atom is 0.349 e. The first kappa shape index (κ1) is 11.8. The number of carbonyl (C=O) groups is 1. The maximum absolute atomic E-state index is 12.9. The SMILES string of the molecule is CC(C)n1c(N)nnc1SC(F)C(=O)O. The van der Waals surface area contributed by atoms with Crippen LogP contribution in [-0.2, 0) is 4.79 Å². The van der Waals surface area contributed by atoms with Crippen molar-refractivity contribution in [3.05, 3.63) is 0 Å². The molecule has 0 saturated carbocycles. The van der Waals surface area contributed by atoms with Gasteiger partial charge >= 0.3 is 5.97 Å². The molecule has 0 bridgehead atoms. The summed E-state index contributed by atoms with van der Waals surface area (Å²) in [6.07, 6.45) is 0. The van der Waals surface area contributed by atoms with Crippen molar-refractivity contribution < 1.29 is 14.3 Å². The molecular weight excluding hydrogens is 223 g/mol. The van der Waals surface area contributed by atoms with E-state index < -0.39 is 11.5 Å². The molecule has 1 atom stereocenters. The molecule has 0 aliphatic heterocycles. The number of hydrogen-bond acceptors (Lipinski definition) is 5. The van der Waals surface area contributed by atoms with E-state index >= 15 is 0 Å². The lowest BCUT2D eigenvalue weighted by atomic mass is 10.4. The molecule has 15 heavy (non-hydrogen) atoms. The third-order valence-electron chi connectivity index (χ3n) is 1.61. The van der Waals surface area contributed by atoms with Crippen LogP contribution >= 0.6 is 11.8 Å². The largest absolute Gasteiger partial charge is 0.478 e. The second-order valence-electron chi connectivity index (χ2n) is 3.08. The van der Waals surface area contributed by atoms with Gasteiger partial charge in [0.15, 0.2) is 5.16 Å². The number of carboxylic acid groups (broad SMARTS) is 1. The van der Waals surface area contributed by atoms with E-state index in [1.165, 1.54) is 4.57 Å². The fraction of sp³-hybridized carbons (Fsp3) is 0.571. The number of alkyl halides is 1. The zero-order chi connectivity index (χ0) is 11.6. The number of nitrogens with zero attached hydrogens (tertiary/aromatic N) is 3. The quantitative estimate of drug-likeness (QED) is 0.752. The lowest BCUT2D eigenvalue weighted by Gasteiger charge is -2.11. The number of thioether (sulfide) groups is 1. The van der Waals surface area contributed by atoms with Gasteiger partial charge in [-0.05, 0) is 25.6 Å². The Labute approximate surface area is 89.7 Å². The predicted octanol–water partition coefficient (Wildman–Crippen LogP) is 0.913. The molecule has 0 radical (unpaired) electrons. The third-order valence-corrected chi connectivity index (χ3v) is 2.51. The van der Waals surface area contributed by atoms with Crippen molar-refractivity contribution in [2.45, 2.75) is 30.5 Å². The van der Waals surface area contributed by atoms with Crippen molar-refractivity contribution in [2.75, 3.05) is 5.73 Å². The van der Waals surface area contributed by atoms with Gasteiger partial charge in [0.2, 0.25) is 11.5 Å². The summed E-state index contributed by atoms with van der Waals surface area (Å²) in [4.78, 5) is 10.3. The average Bonchev–Trinajstić information content (AvgIpc) is 2.46. The molecule has 0 aliphatic carbocycles. The van der Waals surface area contributed by atoms with Crippen LogP contribution in [0, 0.1) is 0 Å². The molecule has 1 aromatic heterocycles. The minimum Gasteiger partial charge on any atom is -0.478 e. The van der Waals surface area contributed by atoms with Gasteiger partial charge in [-0.1, -0.05) is 0 Å². The Kier molecular flexibility index (Phi) is 3.51. The molecule has 6 nitrogen and oxygen atoms in total. The molecule has 1 unspecified atom stereocenters. The number of rotatable bonds is 4. The summed E-state index contributed by atoms with van der Waals surface area (Å²) >= 11 is 0.471. The van der Waals surface area contributed by atoms with Gasteiger partial charge in [-0.2, -0.15) is 0 Å². The molecule has 0 saturated heterocycles. The molecule has 1 rings (SSSR count). The number of aromatic nitrogens is 3. The minimum atomic E-state index is -2.06. The molecule has 0 fully saturated rings. The first-order valence-electron chi connectivity index (χ1n) is 4.17. The van der Waals surface area contributed by atoms with E-state index in [4.69, 9.17) is 10.8 Å². The van der Waals surface area contributed by atoms with Crippen LogP contribution in [0.3, 0.4) is 0 Å². The smallest absolute Gasteiger partial charge is 0.349 e. The van der Waals surface area contributed by atoms with Crippen molar-refractivity contribution in [1.29, 1.82) is 0 Å². The Morgan fingerprint density at radius 2 is 2.20 bits per heavy atom. The van der Waals surface area contributed by atoms with Crippen molar-refractivity contribution >= 4 is 23.7 Å². The van der Waals surface area contributed by atoms with Crippen LogP contribution in [0.2, 0.25) is 0 Å². The maximum atomic E-state index is 12.9. The van der Waals surface area contributed by atoms with Crippen molar-refractivity contribution in [3.8, 4) is 0 Å². The standard InChI is InChI=1S/C7H11FN4O2S/c1-3(2)12-6(9)10-11-7(12)15-4(8)5(13)14/h3-4H,1-2H3,(H2,9,10)(H,13,14). The zero-order valence-electron chi connectivity index (χ0n) is 8.22. The van der Waals surface area contributed by atoms with Gasteiger partial charge in [0.1, 0.15) is 0 Å². The highest BCUT2D eigenvalue weighted by Gasteiger charge is 2.22. The van der Waals surface area contributed by atoms with Crippen LogP contribution in [0.5, 0.6) is 0 Å². The summed E-state index contributed by atoms with van der Waals surface area (Å²) < 4.78 is 14.4. The average molecular weight is 234 g/mol. The summed E-state index contributed by atoms with van der Waals surface area (Å²) in [5.74, 6) is -1.40. The van der Waals surface area contributed by atoms with Gasteiger partial charge in [0, 0.05) is 6.04 Å². The number of halogens is 1. The van der Waals surface area contributed by atoms with E-state index in [-0.39, 0.29) is 17.1 Å². The highest BCUT2D eigenvalue weighted by Crippen LogP contribution is 2.26. The number of aliphatic carboxylic acids is 1. The zero-order valence-corrected chi connectivity index (χ0v) is 9.03. The summed E-state index contributed by atoms with van der Waals surface area (Å²) in [6, 6.07) is -0.0523. The van der Waals surface area contributed by atoms with Gasteiger partial charge < -0.3 is 10.8 Å². The summed E-state index contributed by atoms with van der Waals surface area (Å²) in [5.41, 5.74) is 3.44. The van der Waals surface area contributed by atoms with Gasteiger partial charge in [-0.15, -0.1) is 10.2 Å². The Morgan fingerprint density at radius 1 is 1.60 bits per heavy atom. The fourth-order valence-electron chi connectivity index (χ4n) is 0.997. The molecule has 1 heterocycles. The molecule has 0 aromatic carbocycles. The van der Waals surface area contributed by atoms with E-state index in [9.17, 15) is 9.18 Å². The fourth-order valence-corrected chi connectivity index (χ4v) is 1.79. The molecule has 0 spiro atoms. The summed E-state index contributed by atoms with van der Waals surface area (Å²) in [5, 5.41) is 15.7. The number of carboxylic acids is 1. The second kappa shape index (κ2) is 4.47. The van der Waals surface area contributed by atoms with Crippen LogP contribution in [0.4, 0.5) is 10.3 Å². The molecule has 84 valence electrons. The Balaban J connectivity index is 2.90. The molecule has 3 N–H and O–H groups in total. The second-order valence-corrected chi connectivity index (χ2v) is 4.09. The van der Waals surface area contributed by atoms with Crippen molar-refractivity contribution in [2.24, 2.45) is 0 Å². The molecule has 1 aromatic rings. The topological polar surface area (TPSA) is 94.0 Å². The molecule has 0 aliphatic rings. The van der Waals surface area contributed by atoms with E-state index in [1.807, 2.05) is 13.8 Å². The first-order valence-corrected chi connectivity index (χ1v) is 5.05. The van der Waals surface area contributed by atoms with Crippen molar-refractivity contribution in [1.82, 2.24) is 14.8 Å². The third kappa shape index (κ3) is 2.58. The minimum absolute atomic E-state index is 0.0523. The van der Waals surface area contributed by atoms with E-state index in [1.54, 1.807) is 0 Å². The van der Waals surface area contributed by atoms with Gasteiger partial charge in [0.05, 0.1) is 0 Å². The number of anilines is 1. The Morgan fingerprint density at radius 3 is 2.67 bits per heavy atom. The predicted molar refractivity (Wildman–Crippen MR) is 53.2 cm³/mol. The van der Waals surface area contributed by atoms with Gasteiger partial charge in [0.25, 0.3) is 0 Å². The first-order chi connectivity index (χ1) is 6.93. The molecular formula is C7H11FN4O2S. The normalized spacial score (nSPS) is 13.1. The van der Waals surface area contributed by atoms with E-state index in [0.717, 1.165) is 0 Å². The Bertz CT molecular complexity index is 368. The number of hydrogen-bond donors (Lipinski definition) is 2. The molecule has 0 amide bonds. The van der Waals surface area contributed by atoms with E-state index in [0.29, 0.717) is 11.8 Å². The lowest BCUT2D eigenvalue weighted by Crippen LogP contribution is -2.13. The number of nitrogen functional groups attached to an aromatic ring is 1. The summed E-state index contributed by atoms with van der Waals surface area (Å²) in [7, 11) is 0. The van der Waals surface area contributed by atoms with Gasteiger partial charge in [-0.3, -0.25) is 4.57 Å². The number of nitrogens with two attached hydrogens (primary N) is 1. The monoisotopic (exact) mass is 234 g/mol. The highest BCUT2D eigenvalue weighted by molar-refractivity contribution is 8.00. The highest BCUT2D eigenvalue weighted by atomic mass is 32.2. The summed E-state index contributed by atoms with van der Waals surface area (Å²) in [6.45, 7) is 3.63. The lowest BCUT2D eigenvalue weighted by molar-refractivity contribution is -0.139. The van der Waals surface area contributed by atoms with Crippen molar-refractivity contribution in [3.63, 3.8) is 0 Å². The van der Waals surface area contributed by atoms with E-state index in [2.05, 4.69) is 10.2 Å². The van der Waals surface area contributed by atoms with Crippen LogP contribution in [0.1, 0.15) is 19.9 Å².